The zero-order valence-corrected chi connectivity index (χ0v) is 23.9. The van der Waals surface area contributed by atoms with Gasteiger partial charge in [-0.1, -0.05) is 41.4 Å². The molecule has 1 saturated heterocycles. The third kappa shape index (κ3) is 5.90. The normalized spacial score (nSPS) is 21.1. The Balaban J connectivity index is 1.31. The molecule has 0 radical (unpaired) electrons. The Morgan fingerprint density at radius 1 is 1.02 bits per heavy atom. The zero-order valence-electron chi connectivity index (χ0n) is 22.4. The fourth-order valence-electron chi connectivity index (χ4n) is 5.94. The molecule has 1 atom stereocenters. The first-order chi connectivity index (χ1) is 19.9. The number of anilines is 4. The summed E-state index contributed by atoms with van der Waals surface area (Å²) in [5.74, 6) is 0.0437. The number of nitrogens with zero attached hydrogens (tertiary/aromatic N) is 5. The van der Waals surface area contributed by atoms with Crippen molar-refractivity contribution < 1.29 is 9.18 Å². The monoisotopic (exact) mass is 596 g/mol. The van der Waals surface area contributed by atoms with Crippen molar-refractivity contribution in [2.75, 3.05) is 28.6 Å². The maximum absolute atomic E-state index is 13.9. The van der Waals surface area contributed by atoms with Gasteiger partial charge in [-0.3, -0.25) is 9.36 Å². The molecular weight excluding hydrogens is 566 g/mol. The van der Waals surface area contributed by atoms with E-state index >= 15 is 0 Å². The molecule has 1 aliphatic carbocycles. The van der Waals surface area contributed by atoms with E-state index in [9.17, 15) is 9.18 Å². The van der Waals surface area contributed by atoms with Gasteiger partial charge in [-0.25, -0.2) is 14.4 Å². The number of hydrogen-bond donors (Lipinski definition) is 3. The molecule has 0 spiro atoms. The van der Waals surface area contributed by atoms with Crippen molar-refractivity contribution in [3.63, 3.8) is 0 Å². The van der Waals surface area contributed by atoms with Crippen LogP contribution in [0.25, 0.3) is 11.2 Å². The van der Waals surface area contributed by atoms with E-state index in [4.69, 9.17) is 38.9 Å². The van der Waals surface area contributed by atoms with Gasteiger partial charge in [0, 0.05) is 36.8 Å². The molecule has 214 valence electrons. The van der Waals surface area contributed by atoms with E-state index in [1.807, 2.05) is 10.6 Å². The van der Waals surface area contributed by atoms with Crippen LogP contribution in [0.15, 0.2) is 48.7 Å². The number of nitrogens with one attached hydrogen (secondary N) is 2. The topological polar surface area (TPSA) is 114 Å². The average Bonchev–Trinajstić information content (AvgIpc) is 3.33. The molecule has 1 saturated carbocycles. The van der Waals surface area contributed by atoms with Gasteiger partial charge in [0.2, 0.25) is 17.8 Å². The third-order valence-corrected chi connectivity index (χ3v) is 8.61. The first kappa shape index (κ1) is 27.5. The Labute approximate surface area is 247 Å². The second-order valence-corrected chi connectivity index (χ2v) is 11.6. The van der Waals surface area contributed by atoms with Crippen molar-refractivity contribution in [3.05, 3.63) is 64.5 Å². The minimum absolute atomic E-state index is 0.00195. The summed E-state index contributed by atoms with van der Waals surface area (Å²) in [6.07, 6.45) is 6.56. The van der Waals surface area contributed by atoms with Crippen LogP contribution in [-0.2, 0) is 4.79 Å². The number of aromatic nitrogens is 4. The number of imidazole rings is 1. The van der Waals surface area contributed by atoms with Gasteiger partial charge in [0.05, 0.1) is 21.9 Å². The Kier molecular flexibility index (Phi) is 7.86. The van der Waals surface area contributed by atoms with Crippen molar-refractivity contribution in [2.24, 2.45) is 11.7 Å². The van der Waals surface area contributed by atoms with E-state index in [1.165, 1.54) is 17.8 Å². The van der Waals surface area contributed by atoms with Gasteiger partial charge in [0.1, 0.15) is 11.3 Å². The summed E-state index contributed by atoms with van der Waals surface area (Å²) in [7, 11) is 0. The molecule has 12 heteroatoms. The summed E-state index contributed by atoms with van der Waals surface area (Å²) in [5, 5.41) is 7.03. The molecule has 2 aliphatic rings. The number of hydrogen-bond acceptors (Lipinski definition) is 7. The Morgan fingerprint density at radius 2 is 1.76 bits per heavy atom. The van der Waals surface area contributed by atoms with Crippen molar-refractivity contribution in [1.29, 1.82) is 0 Å². The zero-order chi connectivity index (χ0) is 28.5. The van der Waals surface area contributed by atoms with Gasteiger partial charge in [-0.15, -0.1) is 0 Å². The number of primary amides is 1. The maximum atomic E-state index is 13.9. The highest BCUT2D eigenvalue weighted by Crippen LogP contribution is 2.39. The first-order valence-electron chi connectivity index (χ1n) is 13.9. The van der Waals surface area contributed by atoms with Crippen molar-refractivity contribution in [2.45, 2.75) is 50.6 Å². The summed E-state index contributed by atoms with van der Waals surface area (Å²) in [6.45, 7) is 1.85. The number of amides is 1. The quantitative estimate of drug-likeness (QED) is 0.229. The molecule has 4 aromatic rings. The number of nitrogens with two attached hydrogens (primary N) is 1. The van der Waals surface area contributed by atoms with Crippen LogP contribution in [0.5, 0.6) is 0 Å². The van der Waals surface area contributed by atoms with Crippen LogP contribution in [0.2, 0.25) is 10.0 Å². The van der Waals surface area contributed by atoms with E-state index in [1.54, 1.807) is 6.20 Å². The predicted octanol–water partition coefficient (Wildman–Crippen LogP) is 6.31. The number of carbonyl (C=O) groups excluding carboxylic acids is 1. The van der Waals surface area contributed by atoms with Gasteiger partial charge in [-0.05, 0) is 62.8 Å². The number of rotatable bonds is 7. The van der Waals surface area contributed by atoms with E-state index < -0.39 is 5.82 Å². The van der Waals surface area contributed by atoms with Gasteiger partial charge < -0.3 is 21.3 Å². The SMILES string of the molecule is NC(=O)[C@H]1CC[C@@H](n2c(Nc3c(Cl)cc(F)cc3Cl)nc3cnc(N[C@@H]4CCCN(c5ccccc5)C4)nc32)CC1. The lowest BCUT2D eigenvalue weighted by atomic mass is 9.85. The Morgan fingerprint density at radius 3 is 2.46 bits per heavy atom. The fraction of sp³-hybridized carbons (Fsp3) is 0.379. The molecule has 9 nitrogen and oxygen atoms in total. The molecule has 6 rings (SSSR count). The summed E-state index contributed by atoms with van der Waals surface area (Å²) in [4.78, 5) is 28.5. The van der Waals surface area contributed by atoms with E-state index in [0.29, 0.717) is 41.6 Å². The number of piperidine rings is 1. The van der Waals surface area contributed by atoms with Crippen LogP contribution in [-0.4, -0.2) is 44.6 Å². The molecule has 2 aromatic carbocycles. The standard InChI is InChI=1S/C29H31Cl2FN8O/c30-22-13-18(32)14-23(31)25(22)37-29-36-24-15-34-28(35-19-5-4-12-39(16-19)20-6-2-1-3-7-20)38-27(24)40(29)21-10-8-17(9-11-21)26(33)41/h1-3,6-7,13-15,17,19,21H,4-5,8-12,16H2,(H2,33,41)(H,36,37)(H,34,35,38)/t17-,19-,21+/m1/s1. The molecule has 4 N–H and O–H groups in total. The molecule has 41 heavy (non-hydrogen) atoms. The van der Waals surface area contributed by atoms with E-state index in [0.717, 1.165) is 38.8 Å². The number of carbonyl (C=O) groups is 1. The van der Waals surface area contributed by atoms with Crippen molar-refractivity contribution in [1.82, 2.24) is 19.5 Å². The van der Waals surface area contributed by atoms with Crippen LogP contribution in [0.1, 0.15) is 44.6 Å². The van der Waals surface area contributed by atoms with Crippen LogP contribution in [0.4, 0.5) is 27.7 Å². The smallest absolute Gasteiger partial charge is 0.225 e. The summed E-state index contributed by atoms with van der Waals surface area (Å²) in [5.41, 5.74) is 8.40. The second-order valence-electron chi connectivity index (χ2n) is 10.8. The largest absolute Gasteiger partial charge is 0.369 e. The van der Waals surface area contributed by atoms with Gasteiger partial charge in [-0.2, -0.15) is 4.98 Å². The van der Waals surface area contributed by atoms with Gasteiger partial charge >= 0.3 is 0 Å². The number of benzene rings is 2. The molecule has 0 unspecified atom stereocenters. The number of fused-ring (bicyclic) bond motifs is 1. The Hall–Kier alpha value is -3.63. The van der Waals surface area contributed by atoms with Crippen LogP contribution in [0.3, 0.4) is 0 Å². The van der Waals surface area contributed by atoms with Gasteiger partial charge in [0.25, 0.3) is 0 Å². The lowest BCUT2D eigenvalue weighted by Crippen LogP contribution is -2.42. The van der Waals surface area contributed by atoms with Crippen LogP contribution >= 0.6 is 23.2 Å². The number of halogens is 3. The molecule has 1 amide bonds. The molecule has 1 aliphatic heterocycles. The molecule has 3 heterocycles. The lowest BCUT2D eigenvalue weighted by Gasteiger charge is -2.34. The summed E-state index contributed by atoms with van der Waals surface area (Å²) >= 11 is 12.7. The highest BCUT2D eigenvalue weighted by molar-refractivity contribution is 6.39. The molecule has 0 bridgehead atoms. The van der Waals surface area contributed by atoms with Crippen LogP contribution < -0.4 is 21.3 Å². The van der Waals surface area contributed by atoms with Crippen molar-refractivity contribution >= 4 is 63.5 Å². The molecule has 2 aromatic heterocycles. The van der Waals surface area contributed by atoms with E-state index in [2.05, 4.69) is 44.8 Å². The predicted molar refractivity (Wildman–Crippen MR) is 161 cm³/mol. The highest BCUT2D eigenvalue weighted by Gasteiger charge is 2.30. The summed E-state index contributed by atoms with van der Waals surface area (Å²) < 4.78 is 15.9. The van der Waals surface area contributed by atoms with Crippen molar-refractivity contribution in [3.8, 4) is 0 Å². The number of para-hydroxylation sites is 1. The maximum Gasteiger partial charge on any atom is 0.225 e. The first-order valence-corrected chi connectivity index (χ1v) is 14.6. The lowest BCUT2D eigenvalue weighted by molar-refractivity contribution is -0.122. The second kappa shape index (κ2) is 11.7. The Bertz CT molecular complexity index is 1530. The van der Waals surface area contributed by atoms with Gasteiger partial charge in [0.15, 0.2) is 5.65 Å². The highest BCUT2D eigenvalue weighted by atomic mass is 35.5. The molecule has 2 fully saturated rings. The van der Waals surface area contributed by atoms with E-state index in [-0.39, 0.29) is 34.0 Å². The minimum Gasteiger partial charge on any atom is -0.369 e. The fourth-order valence-corrected chi connectivity index (χ4v) is 6.49. The third-order valence-electron chi connectivity index (χ3n) is 8.02. The molecular formula is C29H31Cl2FN8O. The minimum atomic E-state index is -0.529. The van der Waals surface area contributed by atoms with Crippen LogP contribution in [0, 0.1) is 11.7 Å². The summed E-state index contributed by atoms with van der Waals surface area (Å²) in [6, 6.07) is 13.0. The average molecular weight is 598 g/mol.